The van der Waals surface area contributed by atoms with E-state index in [1.54, 1.807) is 10.3 Å². The Bertz CT molecular complexity index is 957. The molecule has 2 aliphatic rings. The van der Waals surface area contributed by atoms with Crippen LogP contribution >= 0.6 is 32.9 Å². The summed E-state index contributed by atoms with van der Waals surface area (Å²) in [6, 6.07) is 4.49. The van der Waals surface area contributed by atoms with Gasteiger partial charge in [-0.05, 0) is 82.8 Å². The van der Waals surface area contributed by atoms with Gasteiger partial charge in [0.15, 0.2) is 0 Å². The Labute approximate surface area is 218 Å². The zero-order valence-electron chi connectivity index (χ0n) is 21.0. The fourth-order valence-electron chi connectivity index (χ4n) is 5.09. The number of nitrogens with zero attached hydrogens (tertiary/aromatic N) is 4. The Hall–Kier alpha value is -0.870. The number of likely N-dealkylation sites (N-methyl/N-ethyl adjacent to an activating group) is 2. The van der Waals surface area contributed by atoms with Crippen molar-refractivity contribution in [3.63, 3.8) is 0 Å². The first-order valence-electron chi connectivity index (χ1n) is 12.7. The molecular formula is C26H40N4OS3. The molecular weight excluding hydrogens is 481 g/mol. The molecule has 3 heterocycles. The van der Waals surface area contributed by atoms with Gasteiger partial charge in [-0.1, -0.05) is 46.2 Å². The molecule has 34 heavy (non-hydrogen) atoms. The molecule has 0 aliphatic carbocycles. The largest absolute Gasteiger partial charge is 0.507 e. The van der Waals surface area contributed by atoms with E-state index in [1.165, 1.54) is 28.8 Å². The van der Waals surface area contributed by atoms with Crippen LogP contribution in [0.25, 0.3) is 10.4 Å². The Kier molecular flexibility index (Phi) is 9.55. The third-order valence-corrected chi connectivity index (χ3v) is 10.4. The molecule has 1 aromatic heterocycles. The number of phenolic OH excluding ortho intramolecular Hbond substituents is 1. The standard InChI is InChI=1S/C26H40N4OS3/c1-4-7-23-25(33-34-26(23)32)20-16-21(18-29-10-5-8-27(2)12-14-29)24(31)22(17-20)19-30-11-6-9-28(3)13-15-30/h16-17,31H,4-15,18-19H2,1-3H3. The molecule has 0 atom stereocenters. The van der Waals surface area contributed by atoms with E-state index in [0.29, 0.717) is 5.75 Å². The minimum atomic E-state index is 0.495. The quantitative estimate of drug-likeness (QED) is 0.402. The predicted octanol–water partition coefficient (Wildman–Crippen LogP) is 5.14. The minimum Gasteiger partial charge on any atom is -0.507 e. The molecule has 0 bridgehead atoms. The highest BCUT2D eigenvalue weighted by atomic mass is 32.9. The Morgan fingerprint density at radius 3 is 1.91 bits per heavy atom. The molecule has 0 unspecified atom stereocenters. The van der Waals surface area contributed by atoms with Crippen molar-refractivity contribution in [3.8, 4) is 16.2 Å². The summed E-state index contributed by atoms with van der Waals surface area (Å²) in [7, 11) is 7.94. The van der Waals surface area contributed by atoms with Gasteiger partial charge in [0.2, 0.25) is 0 Å². The van der Waals surface area contributed by atoms with Crippen molar-refractivity contribution in [2.75, 3.05) is 66.5 Å². The second-order valence-electron chi connectivity index (χ2n) is 10.0. The lowest BCUT2D eigenvalue weighted by atomic mass is 9.99. The lowest BCUT2D eigenvalue weighted by Gasteiger charge is -2.24. The van der Waals surface area contributed by atoms with Crippen LogP contribution in [0.5, 0.6) is 5.75 Å². The summed E-state index contributed by atoms with van der Waals surface area (Å²) in [4.78, 5) is 11.1. The van der Waals surface area contributed by atoms with E-state index in [-0.39, 0.29) is 0 Å². The minimum absolute atomic E-state index is 0.495. The highest BCUT2D eigenvalue weighted by molar-refractivity contribution is 7.80. The van der Waals surface area contributed by atoms with Crippen LogP contribution in [-0.4, -0.2) is 91.2 Å². The van der Waals surface area contributed by atoms with Crippen LogP contribution in [0.2, 0.25) is 0 Å². The van der Waals surface area contributed by atoms with Gasteiger partial charge < -0.3 is 14.9 Å². The van der Waals surface area contributed by atoms with Crippen LogP contribution in [-0.2, 0) is 19.5 Å². The molecule has 2 fully saturated rings. The number of aromatic hydroxyl groups is 1. The second kappa shape index (κ2) is 12.4. The molecule has 2 aromatic rings. The Morgan fingerprint density at radius 2 is 1.38 bits per heavy atom. The Balaban J connectivity index is 1.67. The van der Waals surface area contributed by atoms with Crippen LogP contribution in [0, 0.1) is 3.82 Å². The number of hydrogen-bond acceptors (Lipinski definition) is 8. The molecule has 0 amide bonds. The van der Waals surface area contributed by atoms with Crippen molar-refractivity contribution in [2.24, 2.45) is 0 Å². The third kappa shape index (κ3) is 6.66. The first-order valence-corrected chi connectivity index (χ1v) is 15.3. The number of benzene rings is 1. The van der Waals surface area contributed by atoms with Gasteiger partial charge in [-0.3, -0.25) is 9.80 Å². The van der Waals surface area contributed by atoms with Gasteiger partial charge in [-0.25, -0.2) is 0 Å². The Morgan fingerprint density at radius 1 is 0.824 bits per heavy atom. The van der Waals surface area contributed by atoms with Crippen LogP contribution in [0.15, 0.2) is 12.1 Å². The van der Waals surface area contributed by atoms with Crippen molar-refractivity contribution < 1.29 is 5.11 Å². The summed E-state index contributed by atoms with van der Waals surface area (Å²) in [5, 5.41) is 11.5. The summed E-state index contributed by atoms with van der Waals surface area (Å²) >= 11 is 5.70. The second-order valence-corrected chi connectivity index (χ2v) is 12.8. The van der Waals surface area contributed by atoms with Crippen molar-refractivity contribution in [3.05, 3.63) is 32.6 Å². The summed E-state index contributed by atoms with van der Waals surface area (Å²) in [6.07, 6.45) is 4.48. The van der Waals surface area contributed by atoms with E-state index in [0.717, 1.165) is 93.2 Å². The first kappa shape index (κ1) is 26.2. The molecule has 0 spiro atoms. The average Bonchev–Trinajstić information content (AvgIpc) is 2.94. The molecule has 1 aromatic carbocycles. The van der Waals surface area contributed by atoms with Crippen LogP contribution < -0.4 is 0 Å². The van der Waals surface area contributed by atoms with Gasteiger partial charge in [-0.15, -0.1) is 0 Å². The average molecular weight is 521 g/mol. The SMILES string of the molecule is CCCc1c(-c2cc(CN3CCCN(C)CC3)c(O)c(CN3CCCN(C)CC3)c2)ssc1=S. The first-order chi connectivity index (χ1) is 16.4. The van der Waals surface area contributed by atoms with E-state index in [1.807, 2.05) is 10.3 Å². The maximum absolute atomic E-state index is 11.5. The van der Waals surface area contributed by atoms with E-state index < -0.39 is 0 Å². The topological polar surface area (TPSA) is 33.2 Å². The highest BCUT2D eigenvalue weighted by Gasteiger charge is 2.21. The lowest BCUT2D eigenvalue weighted by Crippen LogP contribution is -2.29. The summed E-state index contributed by atoms with van der Waals surface area (Å²) in [6.45, 7) is 12.6. The van der Waals surface area contributed by atoms with Gasteiger partial charge in [0.1, 0.15) is 9.57 Å². The number of rotatable bonds is 7. The molecule has 4 rings (SSSR count). The lowest BCUT2D eigenvalue weighted by molar-refractivity contribution is 0.259. The highest BCUT2D eigenvalue weighted by Crippen LogP contribution is 2.39. The molecule has 5 nitrogen and oxygen atoms in total. The van der Waals surface area contributed by atoms with Crippen molar-refractivity contribution >= 4 is 32.9 Å². The van der Waals surface area contributed by atoms with E-state index >= 15 is 0 Å². The number of hydrogen-bond donors (Lipinski definition) is 1. The molecule has 1 N–H and O–H groups in total. The zero-order valence-corrected chi connectivity index (χ0v) is 23.5. The zero-order chi connectivity index (χ0) is 24.1. The predicted molar refractivity (Wildman–Crippen MR) is 149 cm³/mol. The maximum Gasteiger partial charge on any atom is 0.124 e. The maximum atomic E-state index is 11.5. The number of phenols is 1. The summed E-state index contributed by atoms with van der Waals surface area (Å²) < 4.78 is 1.03. The summed E-state index contributed by atoms with van der Waals surface area (Å²) in [5.41, 5.74) is 4.69. The van der Waals surface area contributed by atoms with E-state index in [4.69, 9.17) is 12.2 Å². The van der Waals surface area contributed by atoms with Gasteiger partial charge in [0.25, 0.3) is 0 Å². The van der Waals surface area contributed by atoms with E-state index in [2.05, 4.69) is 52.8 Å². The molecule has 188 valence electrons. The smallest absolute Gasteiger partial charge is 0.124 e. The van der Waals surface area contributed by atoms with Crippen molar-refractivity contribution in [2.45, 2.75) is 45.7 Å². The molecule has 0 saturated carbocycles. The van der Waals surface area contributed by atoms with Gasteiger partial charge in [0, 0.05) is 50.4 Å². The van der Waals surface area contributed by atoms with Crippen LogP contribution in [0.4, 0.5) is 0 Å². The van der Waals surface area contributed by atoms with Crippen molar-refractivity contribution in [1.29, 1.82) is 0 Å². The fraction of sp³-hybridized carbons (Fsp3) is 0.654. The van der Waals surface area contributed by atoms with Gasteiger partial charge >= 0.3 is 0 Å². The molecule has 2 aliphatic heterocycles. The molecule has 0 radical (unpaired) electrons. The fourth-order valence-corrected chi connectivity index (χ4v) is 8.08. The third-order valence-electron chi connectivity index (χ3n) is 7.16. The van der Waals surface area contributed by atoms with Gasteiger partial charge in [0.05, 0.1) is 4.88 Å². The van der Waals surface area contributed by atoms with Gasteiger partial charge in [-0.2, -0.15) is 0 Å². The molecule has 2 saturated heterocycles. The monoisotopic (exact) mass is 520 g/mol. The van der Waals surface area contributed by atoms with E-state index in [9.17, 15) is 5.11 Å². The van der Waals surface area contributed by atoms with Crippen molar-refractivity contribution in [1.82, 2.24) is 19.6 Å². The normalized spacial score (nSPS) is 19.9. The summed E-state index contributed by atoms with van der Waals surface area (Å²) in [5.74, 6) is 0.495. The van der Waals surface area contributed by atoms with Crippen LogP contribution in [0.1, 0.15) is 42.9 Å². The van der Waals surface area contributed by atoms with Crippen LogP contribution in [0.3, 0.4) is 0 Å². The molecule has 8 heteroatoms.